The number of pyridine rings is 1. The Labute approximate surface area is 124 Å². The maximum Gasteiger partial charge on any atom is 0.237 e. The molecule has 108 valence electrons. The van der Waals surface area contributed by atoms with Crippen molar-refractivity contribution in [3.8, 4) is 0 Å². The molecule has 4 heteroatoms. The summed E-state index contributed by atoms with van der Waals surface area (Å²) in [7, 11) is 0. The molecule has 0 radical (unpaired) electrons. The lowest BCUT2D eigenvalue weighted by Crippen LogP contribution is -2.45. The van der Waals surface area contributed by atoms with Crippen LogP contribution in [-0.4, -0.2) is 23.5 Å². The van der Waals surface area contributed by atoms with Crippen LogP contribution < -0.4 is 10.6 Å². The zero-order valence-corrected chi connectivity index (χ0v) is 11.9. The number of aromatic nitrogens is 1. The number of hydrogen-bond acceptors (Lipinski definition) is 3. The van der Waals surface area contributed by atoms with Crippen LogP contribution in [0.5, 0.6) is 0 Å². The standard InChI is InChI=1S/C17H19N3O/c21-17(20-12-15-7-3-4-9-18-15)16-11-14-6-2-1-5-13(14)8-10-19-16/h1-7,9,16,19H,8,10-12H2,(H,20,21)/t16-/m0/s1. The van der Waals surface area contributed by atoms with Crippen LogP contribution in [0.2, 0.25) is 0 Å². The van der Waals surface area contributed by atoms with E-state index in [0.29, 0.717) is 6.54 Å². The Morgan fingerprint density at radius 3 is 2.81 bits per heavy atom. The molecular formula is C17H19N3O. The summed E-state index contributed by atoms with van der Waals surface area (Å²) in [5.41, 5.74) is 3.48. The normalized spacial score (nSPS) is 17.6. The van der Waals surface area contributed by atoms with E-state index in [9.17, 15) is 4.79 Å². The summed E-state index contributed by atoms with van der Waals surface area (Å²) in [4.78, 5) is 16.5. The van der Waals surface area contributed by atoms with Crippen molar-refractivity contribution < 1.29 is 4.79 Å². The lowest BCUT2D eigenvalue weighted by Gasteiger charge is -2.16. The van der Waals surface area contributed by atoms with Gasteiger partial charge in [-0.1, -0.05) is 30.3 Å². The maximum absolute atomic E-state index is 12.3. The van der Waals surface area contributed by atoms with Crippen LogP contribution in [0.25, 0.3) is 0 Å². The molecule has 2 aromatic rings. The fourth-order valence-electron chi connectivity index (χ4n) is 2.66. The lowest BCUT2D eigenvalue weighted by atomic mass is 10.0. The van der Waals surface area contributed by atoms with Gasteiger partial charge < -0.3 is 10.6 Å². The third kappa shape index (κ3) is 3.47. The number of nitrogens with one attached hydrogen (secondary N) is 2. The number of hydrogen-bond donors (Lipinski definition) is 2. The molecule has 0 fully saturated rings. The van der Waals surface area contributed by atoms with Gasteiger partial charge in [-0.3, -0.25) is 9.78 Å². The smallest absolute Gasteiger partial charge is 0.237 e. The molecule has 1 aromatic carbocycles. The number of benzene rings is 1. The molecule has 4 nitrogen and oxygen atoms in total. The minimum atomic E-state index is -0.169. The van der Waals surface area contributed by atoms with E-state index in [1.165, 1.54) is 11.1 Å². The summed E-state index contributed by atoms with van der Waals surface area (Å²) in [5, 5.41) is 6.30. The number of carbonyl (C=O) groups is 1. The summed E-state index contributed by atoms with van der Waals surface area (Å²) in [6.07, 6.45) is 3.45. The first-order valence-electron chi connectivity index (χ1n) is 7.31. The number of nitrogens with zero attached hydrogens (tertiary/aromatic N) is 1. The van der Waals surface area contributed by atoms with Crippen molar-refractivity contribution in [3.63, 3.8) is 0 Å². The maximum atomic E-state index is 12.3. The van der Waals surface area contributed by atoms with Gasteiger partial charge in [0.25, 0.3) is 0 Å². The van der Waals surface area contributed by atoms with E-state index >= 15 is 0 Å². The molecule has 0 unspecified atom stereocenters. The largest absolute Gasteiger partial charge is 0.349 e. The van der Waals surface area contributed by atoms with Crippen molar-refractivity contribution in [1.82, 2.24) is 15.6 Å². The van der Waals surface area contributed by atoms with E-state index < -0.39 is 0 Å². The summed E-state index contributed by atoms with van der Waals surface area (Å²) in [5.74, 6) is 0.0392. The highest BCUT2D eigenvalue weighted by Crippen LogP contribution is 2.15. The average Bonchev–Trinajstić information content (AvgIpc) is 2.76. The van der Waals surface area contributed by atoms with Crippen LogP contribution in [0.1, 0.15) is 16.8 Å². The first-order chi connectivity index (χ1) is 10.3. The number of carbonyl (C=O) groups excluding carboxylic acids is 1. The molecule has 0 saturated carbocycles. The molecule has 0 bridgehead atoms. The second-order valence-electron chi connectivity index (χ2n) is 5.27. The van der Waals surface area contributed by atoms with Crippen molar-refractivity contribution in [1.29, 1.82) is 0 Å². The second-order valence-corrected chi connectivity index (χ2v) is 5.27. The van der Waals surface area contributed by atoms with E-state index in [-0.39, 0.29) is 11.9 Å². The van der Waals surface area contributed by atoms with E-state index in [0.717, 1.165) is 25.1 Å². The number of rotatable bonds is 3. The van der Waals surface area contributed by atoms with Gasteiger partial charge in [0.15, 0.2) is 0 Å². The Bertz CT molecular complexity index is 612. The van der Waals surface area contributed by atoms with Gasteiger partial charge in [0.2, 0.25) is 5.91 Å². The number of amides is 1. The van der Waals surface area contributed by atoms with Crippen molar-refractivity contribution >= 4 is 5.91 Å². The minimum absolute atomic E-state index is 0.0392. The Balaban J connectivity index is 1.63. The molecule has 2 N–H and O–H groups in total. The predicted molar refractivity (Wildman–Crippen MR) is 81.7 cm³/mol. The number of fused-ring (bicyclic) bond motifs is 1. The highest BCUT2D eigenvalue weighted by atomic mass is 16.2. The zero-order valence-electron chi connectivity index (χ0n) is 11.9. The Kier molecular flexibility index (Phi) is 4.26. The third-order valence-electron chi connectivity index (χ3n) is 3.81. The zero-order chi connectivity index (χ0) is 14.5. The predicted octanol–water partition coefficient (Wildman–Crippen LogP) is 1.45. The van der Waals surface area contributed by atoms with Crippen LogP contribution >= 0.6 is 0 Å². The first kappa shape index (κ1) is 13.8. The van der Waals surface area contributed by atoms with Gasteiger partial charge >= 0.3 is 0 Å². The highest BCUT2D eigenvalue weighted by molar-refractivity contribution is 5.82. The second kappa shape index (κ2) is 6.50. The quantitative estimate of drug-likeness (QED) is 0.895. The molecule has 0 saturated heterocycles. The van der Waals surface area contributed by atoms with Gasteiger partial charge in [-0.25, -0.2) is 0 Å². The minimum Gasteiger partial charge on any atom is -0.349 e. The van der Waals surface area contributed by atoms with Gasteiger partial charge in [0, 0.05) is 6.20 Å². The Hall–Kier alpha value is -2.20. The summed E-state index contributed by atoms with van der Waals surface area (Å²) in [6.45, 7) is 1.30. The van der Waals surface area contributed by atoms with Gasteiger partial charge in [0.1, 0.15) is 0 Å². The average molecular weight is 281 g/mol. The molecule has 0 spiro atoms. The molecule has 3 rings (SSSR count). The Morgan fingerprint density at radius 2 is 2.00 bits per heavy atom. The van der Waals surface area contributed by atoms with Gasteiger partial charge in [0.05, 0.1) is 18.3 Å². The van der Waals surface area contributed by atoms with Crippen LogP contribution in [0.3, 0.4) is 0 Å². The van der Waals surface area contributed by atoms with Crippen LogP contribution in [0.4, 0.5) is 0 Å². The Morgan fingerprint density at radius 1 is 1.19 bits per heavy atom. The molecular weight excluding hydrogens is 262 g/mol. The third-order valence-corrected chi connectivity index (χ3v) is 3.81. The highest BCUT2D eigenvalue weighted by Gasteiger charge is 2.21. The van der Waals surface area contributed by atoms with Crippen molar-refractivity contribution in [3.05, 3.63) is 65.5 Å². The summed E-state index contributed by atoms with van der Waals surface area (Å²) in [6, 6.07) is 13.9. The van der Waals surface area contributed by atoms with E-state index in [1.54, 1.807) is 6.20 Å². The van der Waals surface area contributed by atoms with Crippen LogP contribution in [0.15, 0.2) is 48.7 Å². The van der Waals surface area contributed by atoms with E-state index in [4.69, 9.17) is 0 Å². The monoisotopic (exact) mass is 281 g/mol. The van der Waals surface area contributed by atoms with Crippen molar-refractivity contribution in [2.24, 2.45) is 0 Å². The van der Waals surface area contributed by atoms with Gasteiger partial charge in [-0.2, -0.15) is 0 Å². The van der Waals surface area contributed by atoms with Crippen molar-refractivity contribution in [2.75, 3.05) is 6.54 Å². The molecule has 21 heavy (non-hydrogen) atoms. The molecule has 1 amide bonds. The van der Waals surface area contributed by atoms with Crippen LogP contribution in [0, 0.1) is 0 Å². The molecule has 0 aliphatic carbocycles. The summed E-state index contributed by atoms with van der Waals surface area (Å²) < 4.78 is 0. The fourth-order valence-corrected chi connectivity index (χ4v) is 2.66. The first-order valence-corrected chi connectivity index (χ1v) is 7.31. The van der Waals surface area contributed by atoms with Gasteiger partial charge in [-0.05, 0) is 42.6 Å². The van der Waals surface area contributed by atoms with Crippen molar-refractivity contribution in [2.45, 2.75) is 25.4 Å². The topological polar surface area (TPSA) is 54.0 Å². The molecule has 1 atom stereocenters. The molecule has 1 aliphatic rings. The molecule has 1 aromatic heterocycles. The molecule has 1 aliphatic heterocycles. The van der Waals surface area contributed by atoms with E-state index in [2.05, 4.69) is 33.8 Å². The van der Waals surface area contributed by atoms with E-state index in [1.807, 2.05) is 24.3 Å². The lowest BCUT2D eigenvalue weighted by molar-refractivity contribution is -0.123. The SMILES string of the molecule is O=C(NCc1ccccn1)[C@@H]1Cc2ccccc2CCN1. The van der Waals surface area contributed by atoms with Gasteiger partial charge in [-0.15, -0.1) is 0 Å². The molecule has 2 heterocycles. The van der Waals surface area contributed by atoms with Crippen LogP contribution in [-0.2, 0) is 24.2 Å². The fraction of sp³-hybridized carbons (Fsp3) is 0.294. The summed E-state index contributed by atoms with van der Waals surface area (Å²) >= 11 is 0.